The van der Waals surface area contributed by atoms with Crippen LogP contribution >= 0.6 is 0 Å². The van der Waals surface area contributed by atoms with Gasteiger partial charge in [0.05, 0.1) is 12.1 Å². The van der Waals surface area contributed by atoms with Crippen molar-refractivity contribution in [1.29, 1.82) is 0 Å². The minimum atomic E-state index is -0.848. The third kappa shape index (κ3) is 3.49. The summed E-state index contributed by atoms with van der Waals surface area (Å²) in [7, 11) is 0. The number of para-hydroxylation sites is 1. The molecule has 4 rings (SSSR count). The SMILES string of the molecule is Cc1cc(C)c2c(CC(=O)O)c(-c3cccc(Oc4ccccc4)c3)[nH]c2c1. The lowest BCUT2D eigenvalue weighted by molar-refractivity contribution is -0.136. The van der Waals surface area contributed by atoms with Crippen molar-refractivity contribution in [2.24, 2.45) is 0 Å². The van der Waals surface area contributed by atoms with Crippen LogP contribution in [0, 0.1) is 13.8 Å². The molecule has 0 bridgehead atoms. The molecule has 0 radical (unpaired) electrons. The summed E-state index contributed by atoms with van der Waals surface area (Å²) >= 11 is 0. The third-order valence-electron chi connectivity index (χ3n) is 4.77. The van der Waals surface area contributed by atoms with Crippen molar-refractivity contribution in [2.75, 3.05) is 0 Å². The van der Waals surface area contributed by atoms with E-state index in [9.17, 15) is 9.90 Å². The van der Waals surface area contributed by atoms with Crippen LogP contribution in [0.3, 0.4) is 0 Å². The molecule has 4 heteroatoms. The van der Waals surface area contributed by atoms with E-state index < -0.39 is 5.97 Å². The number of ether oxygens (including phenoxy) is 1. The maximum absolute atomic E-state index is 11.5. The van der Waals surface area contributed by atoms with E-state index in [1.165, 1.54) is 0 Å². The lowest BCUT2D eigenvalue weighted by atomic mass is 9.99. The number of carbonyl (C=O) groups is 1. The van der Waals surface area contributed by atoms with Gasteiger partial charge in [-0.25, -0.2) is 0 Å². The molecular formula is C24H21NO3. The van der Waals surface area contributed by atoms with Crippen LogP contribution in [0.2, 0.25) is 0 Å². The lowest BCUT2D eigenvalue weighted by Gasteiger charge is -2.08. The van der Waals surface area contributed by atoms with E-state index in [0.29, 0.717) is 5.75 Å². The highest BCUT2D eigenvalue weighted by molar-refractivity contribution is 5.96. The summed E-state index contributed by atoms with van der Waals surface area (Å²) in [5.74, 6) is 0.615. The first kappa shape index (κ1) is 17.9. The number of fused-ring (bicyclic) bond motifs is 1. The fourth-order valence-electron chi connectivity index (χ4n) is 3.72. The van der Waals surface area contributed by atoms with Crippen LogP contribution in [0.15, 0.2) is 66.7 Å². The number of aromatic nitrogens is 1. The summed E-state index contributed by atoms with van der Waals surface area (Å²) in [5, 5.41) is 10.5. The van der Waals surface area contributed by atoms with Crippen LogP contribution in [-0.2, 0) is 11.2 Å². The number of aromatic amines is 1. The first-order valence-corrected chi connectivity index (χ1v) is 9.18. The quantitative estimate of drug-likeness (QED) is 0.461. The maximum atomic E-state index is 11.5. The molecule has 140 valence electrons. The molecule has 0 atom stereocenters. The van der Waals surface area contributed by atoms with Gasteiger partial charge in [0.2, 0.25) is 0 Å². The van der Waals surface area contributed by atoms with Crippen molar-refractivity contribution >= 4 is 16.9 Å². The van der Waals surface area contributed by atoms with Crippen molar-refractivity contribution < 1.29 is 14.6 Å². The molecule has 0 spiro atoms. The van der Waals surface area contributed by atoms with Crippen molar-refractivity contribution in [3.05, 3.63) is 83.4 Å². The number of hydrogen-bond acceptors (Lipinski definition) is 2. The molecule has 0 aliphatic heterocycles. The molecule has 1 heterocycles. The van der Waals surface area contributed by atoms with Crippen LogP contribution in [0.4, 0.5) is 0 Å². The first-order chi connectivity index (χ1) is 13.5. The summed E-state index contributed by atoms with van der Waals surface area (Å²) < 4.78 is 5.95. The molecule has 0 aliphatic carbocycles. The number of carboxylic acid groups (broad SMARTS) is 1. The van der Waals surface area contributed by atoms with Gasteiger partial charge in [0.25, 0.3) is 0 Å². The summed E-state index contributed by atoms with van der Waals surface area (Å²) in [4.78, 5) is 15.0. The Hall–Kier alpha value is -3.53. The summed E-state index contributed by atoms with van der Waals surface area (Å²) in [5.41, 5.74) is 5.70. The van der Waals surface area contributed by atoms with Crippen molar-refractivity contribution in [1.82, 2.24) is 4.98 Å². The molecule has 3 aromatic carbocycles. The topological polar surface area (TPSA) is 62.3 Å². The van der Waals surface area contributed by atoms with Gasteiger partial charge >= 0.3 is 5.97 Å². The molecule has 1 aromatic heterocycles. The second kappa shape index (κ2) is 7.24. The second-order valence-corrected chi connectivity index (χ2v) is 7.00. The third-order valence-corrected chi connectivity index (χ3v) is 4.77. The predicted molar refractivity (Wildman–Crippen MR) is 111 cm³/mol. The fraction of sp³-hybridized carbons (Fsp3) is 0.125. The number of aliphatic carboxylic acids is 1. The second-order valence-electron chi connectivity index (χ2n) is 7.00. The van der Waals surface area contributed by atoms with Gasteiger partial charge < -0.3 is 14.8 Å². The Kier molecular flexibility index (Phi) is 4.62. The summed E-state index contributed by atoms with van der Waals surface area (Å²) in [6.45, 7) is 4.06. The average molecular weight is 371 g/mol. The van der Waals surface area contributed by atoms with Gasteiger partial charge in [-0.2, -0.15) is 0 Å². The van der Waals surface area contributed by atoms with Gasteiger partial charge in [0, 0.05) is 16.5 Å². The van der Waals surface area contributed by atoms with E-state index in [0.717, 1.165) is 44.6 Å². The molecule has 4 nitrogen and oxygen atoms in total. The number of hydrogen-bond donors (Lipinski definition) is 2. The van der Waals surface area contributed by atoms with Gasteiger partial charge in [-0.05, 0) is 60.9 Å². The number of carboxylic acids is 1. The van der Waals surface area contributed by atoms with E-state index in [4.69, 9.17) is 4.74 Å². The van der Waals surface area contributed by atoms with Crippen LogP contribution in [0.5, 0.6) is 11.5 Å². The van der Waals surface area contributed by atoms with Crippen LogP contribution in [0.1, 0.15) is 16.7 Å². The number of rotatable bonds is 5. The first-order valence-electron chi connectivity index (χ1n) is 9.18. The molecular weight excluding hydrogens is 350 g/mol. The maximum Gasteiger partial charge on any atom is 0.307 e. The van der Waals surface area contributed by atoms with Crippen molar-refractivity contribution in [3.63, 3.8) is 0 Å². The van der Waals surface area contributed by atoms with E-state index in [1.807, 2.05) is 68.4 Å². The largest absolute Gasteiger partial charge is 0.481 e. The van der Waals surface area contributed by atoms with Crippen LogP contribution < -0.4 is 4.74 Å². The van der Waals surface area contributed by atoms with Crippen molar-refractivity contribution in [3.8, 4) is 22.8 Å². The minimum absolute atomic E-state index is 0.0387. The number of aryl methyl sites for hydroxylation is 2. The normalized spacial score (nSPS) is 10.9. The molecule has 0 fully saturated rings. The Balaban J connectivity index is 1.83. The molecule has 0 saturated heterocycles. The zero-order valence-corrected chi connectivity index (χ0v) is 15.8. The van der Waals surface area contributed by atoms with Crippen LogP contribution in [-0.4, -0.2) is 16.1 Å². The molecule has 28 heavy (non-hydrogen) atoms. The Morgan fingerprint density at radius 1 is 0.964 bits per heavy atom. The van der Waals surface area contributed by atoms with E-state index in [-0.39, 0.29) is 6.42 Å². The minimum Gasteiger partial charge on any atom is -0.481 e. The average Bonchev–Trinajstić information content (AvgIpc) is 3.00. The molecule has 0 aliphatic rings. The molecule has 0 unspecified atom stereocenters. The smallest absolute Gasteiger partial charge is 0.307 e. The number of H-pyrrole nitrogens is 1. The molecule has 2 N–H and O–H groups in total. The Morgan fingerprint density at radius 2 is 1.71 bits per heavy atom. The zero-order chi connectivity index (χ0) is 19.7. The number of nitrogens with one attached hydrogen (secondary N) is 1. The zero-order valence-electron chi connectivity index (χ0n) is 15.8. The standard InChI is InChI=1S/C24H21NO3/c1-15-11-16(2)23-20(14-22(26)27)24(25-21(23)12-15)17-7-6-10-19(13-17)28-18-8-4-3-5-9-18/h3-13,25H,14H2,1-2H3,(H,26,27). The van der Waals surface area contributed by atoms with Gasteiger partial charge in [0.15, 0.2) is 0 Å². The fourth-order valence-corrected chi connectivity index (χ4v) is 3.72. The Labute approximate surface area is 163 Å². The van der Waals surface area contributed by atoms with Crippen LogP contribution in [0.25, 0.3) is 22.2 Å². The van der Waals surface area contributed by atoms with E-state index in [2.05, 4.69) is 17.1 Å². The highest BCUT2D eigenvalue weighted by Crippen LogP contribution is 2.35. The van der Waals surface area contributed by atoms with E-state index in [1.54, 1.807) is 0 Å². The lowest BCUT2D eigenvalue weighted by Crippen LogP contribution is -2.01. The van der Waals surface area contributed by atoms with Crippen molar-refractivity contribution in [2.45, 2.75) is 20.3 Å². The highest BCUT2D eigenvalue weighted by Gasteiger charge is 2.18. The van der Waals surface area contributed by atoms with Gasteiger partial charge in [-0.15, -0.1) is 0 Å². The summed E-state index contributed by atoms with van der Waals surface area (Å²) in [6, 6.07) is 21.4. The molecule has 0 saturated carbocycles. The molecule has 0 amide bonds. The monoisotopic (exact) mass is 371 g/mol. The summed E-state index contributed by atoms with van der Waals surface area (Å²) in [6.07, 6.45) is -0.0387. The van der Waals surface area contributed by atoms with Gasteiger partial charge in [-0.3, -0.25) is 4.79 Å². The Bertz CT molecular complexity index is 1160. The number of benzene rings is 3. The predicted octanol–water partition coefficient (Wildman–Crippen LogP) is 5.87. The highest BCUT2D eigenvalue weighted by atomic mass is 16.5. The van der Waals surface area contributed by atoms with E-state index >= 15 is 0 Å². The van der Waals surface area contributed by atoms with Gasteiger partial charge in [-0.1, -0.05) is 36.4 Å². The Morgan fingerprint density at radius 3 is 2.46 bits per heavy atom. The van der Waals surface area contributed by atoms with Gasteiger partial charge in [0.1, 0.15) is 11.5 Å². The molecule has 4 aromatic rings.